The fourth-order valence-electron chi connectivity index (χ4n) is 1.47. The molecule has 0 aliphatic rings. The van der Waals surface area contributed by atoms with E-state index in [-0.39, 0.29) is 5.92 Å². The first-order chi connectivity index (χ1) is 5.93. The molecule has 0 spiro atoms. The topological polar surface area (TPSA) is 60.2 Å². The Morgan fingerprint density at radius 1 is 1.54 bits per heavy atom. The molecule has 3 nitrogen and oxygen atoms in total. The zero-order valence-corrected chi connectivity index (χ0v) is 9.18. The number of allylic oxidation sites excluding steroid dienone is 1. The van der Waals surface area contributed by atoms with Crippen LogP contribution in [0.2, 0.25) is 0 Å². The Morgan fingerprint density at radius 3 is 2.38 bits per heavy atom. The second kappa shape index (κ2) is 5.40. The molecule has 0 unspecified atom stereocenters. The highest BCUT2D eigenvalue weighted by molar-refractivity contribution is 7.89. The predicted octanol–water partition coefficient (Wildman–Crippen LogP) is 1.66. The average Bonchev–Trinajstić information content (AvgIpc) is 1.98. The Balaban J connectivity index is 4.50. The lowest BCUT2D eigenvalue weighted by molar-refractivity contribution is 0.485. The van der Waals surface area contributed by atoms with E-state index in [9.17, 15) is 8.42 Å². The molecule has 0 aromatic heterocycles. The van der Waals surface area contributed by atoms with Gasteiger partial charge in [-0.2, -0.15) is 0 Å². The van der Waals surface area contributed by atoms with Crippen LogP contribution < -0.4 is 5.14 Å². The minimum absolute atomic E-state index is 0.0625. The maximum absolute atomic E-state index is 11.2. The minimum atomic E-state index is -3.40. The molecule has 0 aromatic rings. The van der Waals surface area contributed by atoms with Crippen LogP contribution in [-0.2, 0) is 10.0 Å². The van der Waals surface area contributed by atoms with E-state index in [1.54, 1.807) is 6.08 Å². The van der Waals surface area contributed by atoms with Crippen LogP contribution in [0.3, 0.4) is 0 Å². The Morgan fingerprint density at radius 2 is 2.08 bits per heavy atom. The van der Waals surface area contributed by atoms with Crippen LogP contribution >= 0.6 is 0 Å². The van der Waals surface area contributed by atoms with E-state index in [0.717, 1.165) is 6.42 Å². The molecule has 13 heavy (non-hydrogen) atoms. The molecule has 0 saturated heterocycles. The maximum atomic E-state index is 11.2. The zero-order chi connectivity index (χ0) is 10.5. The van der Waals surface area contributed by atoms with Crippen molar-refractivity contribution in [3.05, 3.63) is 12.7 Å². The molecular weight excluding hydrogens is 186 g/mol. The molecule has 0 aliphatic carbocycles. The van der Waals surface area contributed by atoms with E-state index in [2.05, 4.69) is 6.58 Å². The molecule has 0 amide bonds. The zero-order valence-electron chi connectivity index (χ0n) is 8.36. The molecule has 0 rings (SSSR count). The van der Waals surface area contributed by atoms with Gasteiger partial charge in [0, 0.05) is 0 Å². The lowest BCUT2D eigenvalue weighted by atomic mass is 10.0. The van der Waals surface area contributed by atoms with Crippen molar-refractivity contribution in [3.63, 3.8) is 0 Å². The van der Waals surface area contributed by atoms with Crippen molar-refractivity contribution in [3.8, 4) is 0 Å². The normalized spacial score (nSPS) is 16.5. The van der Waals surface area contributed by atoms with Crippen LogP contribution in [0.4, 0.5) is 0 Å². The summed E-state index contributed by atoms with van der Waals surface area (Å²) in [6.07, 6.45) is 3.90. The largest absolute Gasteiger partial charge is 0.228 e. The van der Waals surface area contributed by atoms with E-state index in [1.165, 1.54) is 0 Å². The smallest absolute Gasteiger partial charge is 0.212 e. The standard InChI is InChI=1S/C9H19NO2S/c1-4-6-8(3)9(7-5-2)13(10,11)12/h4,8-9H,1,5-7H2,2-3H3,(H2,10,11,12)/t8-,9-/m0/s1. The molecule has 0 radical (unpaired) electrons. The van der Waals surface area contributed by atoms with E-state index in [4.69, 9.17) is 5.14 Å². The highest BCUT2D eigenvalue weighted by atomic mass is 32.2. The first-order valence-corrected chi connectivity index (χ1v) is 6.16. The van der Waals surface area contributed by atoms with Gasteiger partial charge in [-0.3, -0.25) is 0 Å². The van der Waals surface area contributed by atoms with Gasteiger partial charge in [0.1, 0.15) is 0 Å². The number of nitrogens with two attached hydrogens (primary N) is 1. The number of rotatable bonds is 6. The summed E-state index contributed by atoms with van der Waals surface area (Å²) in [5, 5.41) is 4.71. The molecule has 4 heteroatoms. The van der Waals surface area contributed by atoms with Gasteiger partial charge < -0.3 is 0 Å². The van der Waals surface area contributed by atoms with Crippen molar-refractivity contribution in [2.24, 2.45) is 11.1 Å². The molecule has 2 N–H and O–H groups in total. The third-order valence-corrected chi connectivity index (χ3v) is 3.71. The van der Waals surface area contributed by atoms with Gasteiger partial charge in [0.05, 0.1) is 5.25 Å². The first kappa shape index (κ1) is 12.7. The number of hydrogen-bond donors (Lipinski definition) is 1. The van der Waals surface area contributed by atoms with Gasteiger partial charge in [-0.1, -0.05) is 26.3 Å². The second-order valence-corrected chi connectivity index (χ2v) is 5.20. The van der Waals surface area contributed by atoms with Crippen LogP contribution in [0.5, 0.6) is 0 Å². The van der Waals surface area contributed by atoms with Crippen molar-refractivity contribution in [2.45, 2.75) is 38.4 Å². The third-order valence-electron chi connectivity index (χ3n) is 2.17. The fraction of sp³-hybridized carbons (Fsp3) is 0.778. The Bertz CT molecular complexity index is 246. The van der Waals surface area contributed by atoms with Gasteiger partial charge in [0.15, 0.2) is 0 Å². The summed E-state index contributed by atoms with van der Waals surface area (Å²) in [4.78, 5) is 0. The molecule has 0 aliphatic heterocycles. The summed E-state index contributed by atoms with van der Waals surface area (Å²) in [5.74, 6) is 0.0625. The van der Waals surface area contributed by atoms with E-state index in [1.807, 2.05) is 13.8 Å². The number of sulfonamides is 1. The van der Waals surface area contributed by atoms with Gasteiger partial charge in [-0.25, -0.2) is 13.6 Å². The number of primary sulfonamides is 1. The quantitative estimate of drug-likeness (QED) is 0.670. The van der Waals surface area contributed by atoms with E-state index in [0.29, 0.717) is 12.8 Å². The summed E-state index contributed by atoms with van der Waals surface area (Å²) in [7, 11) is -3.40. The molecule has 0 bridgehead atoms. The molecule has 78 valence electrons. The summed E-state index contributed by atoms with van der Waals surface area (Å²) in [6.45, 7) is 7.44. The maximum Gasteiger partial charge on any atom is 0.212 e. The van der Waals surface area contributed by atoms with Crippen molar-refractivity contribution < 1.29 is 8.42 Å². The molecule has 0 heterocycles. The van der Waals surface area contributed by atoms with Gasteiger partial charge >= 0.3 is 0 Å². The highest BCUT2D eigenvalue weighted by Crippen LogP contribution is 2.19. The lowest BCUT2D eigenvalue weighted by Gasteiger charge is -2.19. The van der Waals surface area contributed by atoms with Crippen LogP contribution in [0.1, 0.15) is 33.1 Å². The molecular formula is C9H19NO2S. The van der Waals surface area contributed by atoms with Crippen LogP contribution in [0, 0.1) is 5.92 Å². The van der Waals surface area contributed by atoms with Crippen molar-refractivity contribution >= 4 is 10.0 Å². The molecule has 2 atom stereocenters. The Hall–Kier alpha value is -0.350. The van der Waals surface area contributed by atoms with Gasteiger partial charge in [-0.05, 0) is 18.8 Å². The van der Waals surface area contributed by atoms with Crippen LogP contribution in [-0.4, -0.2) is 13.7 Å². The van der Waals surface area contributed by atoms with Gasteiger partial charge in [0.2, 0.25) is 10.0 Å². The SMILES string of the molecule is C=CC[C@H](C)[C@H](CCC)S(N)(=O)=O. The molecule has 0 saturated carbocycles. The minimum Gasteiger partial charge on any atom is -0.228 e. The summed E-state index contributed by atoms with van der Waals surface area (Å²) in [5.41, 5.74) is 0. The average molecular weight is 205 g/mol. The molecule has 0 aromatic carbocycles. The van der Waals surface area contributed by atoms with Crippen molar-refractivity contribution in [1.82, 2.24) is 0 Å². The highest BCUT2D eigenvalue weighted by Gasteiger charge is 2.25. The van der Waals surface area contributed by atoms with Crippen LogP contribution in [0.15, 0.2) is 12.7 Å². The third kappa shape index (κ3) is 4.43. The lowest BCUT2D eigenvalue weighted by Crippen LogP contribution is -2.33. The van der Waals surface area contributed by atoms with Gasteiger partial charge in [0.25, 0.3) is 0 Å². The fourth-order valence-corrected chi connectivity index (χ4v) is 2.79. The summed E-state index contributed by atoms with van der Waals surface area (Å²) in [6, 6.07) is 0. The van der Waals surface area contributed by atoms with Gasteiger partial charge in [-0.15, -0.1) is 6.58 Å². The van der Waals surface area contributed by atoms with E-state index >= 15 is 0 Å². The first-order valence-electron chi connectivity index (χ1n) is 4.56. The predicted molar refractivity (Wildman–Crippen MR) is 55.8 cm³/mol. The van der Waals surface area contributed by atoms with Crippen molar-refractivity contribution in [1.29, 1.82) is 0 Å². The van der Waals surface area contributed by atoms with Crippen molar-refractivity contribution in [2.75, 3.05) is 0 Å². The Labute approximate surface area is 81.1 Å². The number of hydrogen-bond acceptors (Lipinski definition) is 2. The monoisotopic (exact) mass is 205 g/mol. The second-order valence-electron chi connectivity index (χ2n) is 3.42. The van der Waals surface area contributed by atoms with Crippen LogP contribution in [0.25, 0.3) is 0 Å². The summed E-state index contributed by atoms with van der Waals surface area (Å²) >= 11 is 0. The Kier molecular flexibility index (Phi) is 5.25. The molecule has 0 fully saturated rings. The summed E-state index contributed by atoms with van der Waals surface area (Å²) < 4.78 is 22.4. The van der Waals surface area contributed by atoms with E-state index < -0.39 is 15.3 Å².